The van der Waals surface area contributed by atoms with Gasteiger partial charge in [0.15, 0.2) is 5.16 Å². The maximum Gasteiger partial charge on any atom is 0.433 e. The topological polar surface area (TPSA) is 115 Å². The van der Waals surface area contributed by atoms with Gasteiger partial charge >= 0.3 is 6.18 Å². The first kappa shape index (κ1) is 25.1. The number of aromatic nitrogens is 3. The van der Waals surface area contributed by atoms with Gasteiger partial charge in [0.25, 0.3) is 5.56 Å². The Morgan fingerprint density at radius 1 is 1.15 bits per heavy atom. The van der Waals surface area contributed by atoms with Gasteiger partial charge in [-0.25, -0.2) is 9.97 Å². The van der Waals surface area contributed by atoms with Crippen LogP contribution in [0.4, 0.5) is 13.2 Å². The number of H-pyrrole nitrogens is 1. The van der Waals surface area contributed by atoms with E-state index in [9.17, 15) is 28.5 Å². The molecule has 0 fully saturated rings. The lowest BCUT2D eigenvalue weighted by molar-refractivity contribution is -0.141. The lowest BCUT2D eigenvalue weighted by atomic mass is 10.0. The molecule has 174 valence electrons. The normalized spacial score (nSPS) is 11.1. The first-order valence-corrected chi connectivity index (χ1v) is 11.7. The first-order valence-electron chi connectivity index (χ1n) is 9.50. The Bertz CT molecular complexity index is 1390. The van der Waals surface area contributed by atoms with E-state index >= 15 is 0 Å². The van der Waals surface area contributed by atoms with Crippen LogP contribution in [0, 0.1) is 29.6 Å². The molecule has 0 aliphatic heterocycles. The van der Waals surface area contributed by atoms with Crippen LogP contribution < -0.4 is 10.3 Å². The van der Waals surface area contributed by atoms with E-state index in [1.54, 1.807) is 24.5 Å². The second-order valence-electron chi connectivity index (χ2n) is 6.84. The number of hydrogen-bond donors (Lipinski definition) is 1. The van der Waals surface area contributed by atoms with Crippen molar-refractivity contribution in [3.63, 3.8) is 0 Å². The average molecular weight is 504 g/mol. The van der Waals surface area contributed by atoms with Gasteiger partial charge in [-0.05, 0) is 43.0 Å². The molecule has 0 radical (unpaired) electrons. The van der Waals surface area contributed by atoms with Crippen molar-refractivity contribution in [1.82, 2.24) is 15.0 Å². The van der Waals surface area contributed by atoms with Crippen LogP contribution in [0.3, 0.4) is 0 Å². The van der Waals surface area contributed by atoms with Crippen LogP contribution in [0.15, 0.2) is 39.2 Å². The molecule has 0 atom stereocenters. The predicted molar refractivity (Wildman–Crippen MR) is 122 cm³/mol. The van der Waals surface area contributed by atoms with E-state index in [0.29, 0.717) is 22.0 Å². The Balaban J connectivity index is 2.06. The fourth-order valence-electron chi connectivity index (χ4n) is 3.08. The van der Waals surface area contributed by atoms with E-state index < -0.39 is 17.4 Å². The average Bonchev–Trinajstić information content (AvgIpc) is 2.81. The minimum absolute atomic E-state index is 0.0563. The molecule has 1 aromatic carbocycles. The smallest absolute Gasteiger partial charge is 0.433 e. The highest BCUT2D eigenvalue weighted by molar-refractivity contribution is 7.98. The maximum atomic E-state index is 13.2. The van der Waals surface area contributed by atoms with Crippen LogP contribution in [0.5, 0.6) is 5.75 Å². The standard InChI is InChI=1S/C22H16F3N5O2S2/c1-11-6-17(22(23,24)25)28-20(14(11)8-26)34-10-13-7-12(4-5-16(13)32-2)18-15(9-27)19(31)30-21(29-18)33-3/h4-7H,10H2,1-3H3,(H,29,30,31). The molecule has 7 nitrogen and oxygen atoms in total. The molecule has 0 spiro atoms. The molecule has 2 aromatic heterocycles. The minimum Gasteiger partial charge on any atom is -0.496 e. The summed E-state index contributed by atoms with van der Waals surface area (Å²) in [6.45, 7) is 1.42. The number of aryl methyl sites for hydroxylation is 1. The SMILES string of the molecule is COc1ccc(-c2nc(SC)[nH]c(=O)c2C#N)cc1CSc1nc(C(F)(F)F)cc(C)c1C#N. The molecule has 0 unspecified atom stereocenters. The summed E-state index contributed by atoms with van der Waals surface area (Å²) < 4.78 is 45.1. The van der Waals surface area contributed by atoms with Crippen molar-refractivity contribution in [3.05, 3.63) is 62.6 Å². The molecule has 0 aliphatic carbocycles. The van der Waals surface area contributed by atoms with Crippen LogP contribution >= 0.6 is 23.5 Å². The summed E-state index contributed by atoms with van der Waals surface area (Å²) in [4.78, 5) is 22.8. The number of thioether (sulfide) groups is 2. The quantitative estimate of drug-likeness (QED) is 0.372. The Morgan fingerprint density at radius 3 is 2.44 bits per heavy atom. The molecule has 0 aliphatic rings. The summed E-state index contributed by atoms with van der Waals surface area (Å²) in [5.41, 5.74) is -0.400. The van der Waals surface area contributed by atoms with Crippen molar-refractivity contribution >= 4 is 23.5 Å². The Morgan fingerprint density at radius 2 is 1.85 bits per heavy atom. The van der Waals surface area contributed by atoms with Crippen molar-refractivity contribution < 1.29 is 17.9 Å². The number of methoxy groups -OCH3 is 1. The van der Waals surface area contributed by atoms with E-state index in [1.807, 2.05) is 12.1 Å². The number of hydrogen-bond acceptors (Lipinski definition) is 8. The molecular formula is C22H16F3N5O2S2. The van der Waals surface area contributed by atoms with Gasteiger partial charge in [0, 0.05) is 16.9 Å². The number of ether oxygens (including phenoxy) is 1. The highest BCUT2D eigenvalue weighted by Crippen LogP contribution is 2.36. The van der Waals surface area contributed by atoms with Gasteiger partial charge in [0.05, 0.1) is 18.4 Å². The summed E-state index contributed by atoms with van der Waals surface area (Å²) in [7, 11) is 1.44. The van der Waals surface area contributed by atoms with E-state index in [-0.39, 0.29) is 33.2 Å². The molecule has 0 bridgehead atoms. The Kier molecular flexibility index (Phi) is 7.54. The number of pyridine rings is 1. The van der Waals surface area contributed by atoms with Crippen LogP contribution in [0.2, 0.25) is 0 Å². The largest absolute Gasteiger partial charge is 0.496 e. The third kappa shape index (κ3) is 5.19. The van der Waals surface area contributed by atoms with Gasteiger partial charge in [-0.1, -0.05) is 11.8 Å². The number of nitrogens with one attached hydrogen (secondary N) is 1. The van der Waals surface area contributed by atoms with Gasteiger partial charge in [-0.3, -0.25) is 4.79 Å². The molecule has 2 heterocycles. The first-order chi connectivity index (χ1) is 16.1. The number of benzene rings is 1. The molecule has 34 heavy (non-hydrogen) atoms. The van der Waals surface area contributed by atoms with E-state index in [4.69, 9.17) is 4.74 Å². The highest BCUT2D eigenvalue weighted by Gasteiger charge is 2.34. The zero-order valence-corrected chi connectivity index (χ0v) is 19.7. The Labute approximate surface area is 201 Å². The van der Waals surface area contributed by atoms with Crippen molar-refractivity contribution in [3.8, 4) is 29.1 Å². The van der Waals surface area contributed by atoms with Gasteiger partial charge in [-0.2, -0.15) is 23.7 Å². The second kappa shape index (κ2) is 10.2. The van der Waals surface area contributed by atoms with Crippen LogP contribution in [0.25, 0.3) is 11.3 Å². The lowest BCUT2D eigenvalue weighted by Crippen LogP contribution is -2.14. The summed E-state index contributed by atoms with van der Waals surface area (Å²) in [5.74, 6) is 0.548. The van der Waals surface area contributed by atoms with Gasteiger partial charge in [-0.15, -0.1) is 11.8 Å². The van der Waals surface area contributed by atoms with Gasteiger partial charge in [0.1, 0.15) is 34.2 Å². The fraction of sp³-hybridized carbons (Fsp3) is 0.227. The van der Waals surface area contributed by atoms with E-state index in [0.717, 1.165) is 17.8 Å². The molecule has 1 N–H and O–H groups in total. The molecule has 0 saturated carbocycles. The van der Waals surface area contributed by atoms with Gasteiger partial charge < -0.3 is 9.72 Å². The summed E-state index contributed by atoms with van der Waals surface area (Å²) in [6.07, 6.45) is -2.93. The molecular weight excluding hydrogens is 487 g/mol. The number of halogens is 3. The van der Waals surface area contributed by atoms with Crippen LogP contribution in [-0.4, -0.2) is 28.3 Å². The molecule has 12 heteroatoms. The zero-order valence-electron chi connectivity index (χ0n) is 18.1. The summed E-state index contributed by atoms with van der Waals surface area (Å²) >= 11 is 2.16. The third-order valence-electron chi connectivity index (χ3n) is 4.71. The van der Waals surface area contributed by atoms with Gasteiger partial charge in [0.2, 0.25) is 0 Å². The van der Waals surface area contributed by atoms with E-state index in [1.165, 1.54) is 25.8 Å². The maximum absolute atomic E-state index is 13.2. The van der Waals surface area contributed by atoms with E-state index in [2.05, 4.69) is 15.0 Å². The predicted octanol–water partition coefficient (Wildman–Crippen LogP) is 4.93. The van der Waals surface area contributed by atoms with Crippen LogP contribution in [-0.2, 0) is 11.9 Å². The number of rotatable bonds is 6. The number of aromatic amines is 1. The summed E-state index contributed by atoms with van der Waals surface area (Å²) in [5, 5.41) is 19.1. The summed E-state index contributed by atoms with van der Waals surface area (Å²) in [6, 6.07) is 9.50. The minimum atomic E-state index is -4.65. The third-order valence-corrected chi connectivity index (χ3v) is 6.31. The lowest BCUT2D eigenvalue weighted by Gasteiger charge is -2.14. The number of nitrogens with zero attached hydrogens (tertiary/aromatic N) is 4. The zero-order chi connectivity index (χ0) is 25.0. The Hall–Kier alpha value is -3.48. The molecule has 0 saturated heterocycles. The second-order valence-corrected chi connectivity index (χ2v) is 8.60. The molecule has 3 rings (SSSR count). The van der Waals surface area contributed by atoms with Crippen molar-refractivity contribution in [1.29, 1.82) is 10.5 Å². The molecule has 3 aromatic rings. The van der Waals surface area contributed by atoms with Crippen molar-refractivity contribution in [2.24, 2.45) is 0 Å². The van der Waals surface area contributed by atoms with Crippen molar-refractivity contribution in [2.45, 2.75) is 29.0 Å². The van der Waals surface area contributed by atoms with Crippen molar-refractivity contribution in [2.75, 3.05) is 13.4 Å². The number of nitriles is 2. The monoisotopic (exact) mass is 503 g/mol. The van der Waals surface area contributed by atoms with Crippen LogP contribution in [0.1, 0.15) is 27.9 Å². The fourth-order valence-corrected chi connectivity index (χ4v) is 4.48. The molecule has 0 amide bonds. The number of alkyl halides is 3. The highest BCUT2D eigenvalue weighted by atomic mass is 32.2.